The van der Waals surface area contributed by atoms with Crippen LogP contribution in [-0.4, -0.2) is 37.0 Å². The van der Waals surface area contributed by atoms with Crippen molar-refractivity contribution in [1.82, 2.24) is 4.90 Å². The van der Waals surface area contributed by atoms with E-state index in [0.29, 0.717) is 25.1 Å². The normalized spacial score (nSPS) is 33.8. The van der Waals surface area contributed by atoms with Crippen LogP contribution in [0.4, 0.5) is 4.39 Å². The second-order valence-electron chi connectivity index (χ2n) is 3.90. The molecular formula is C9H18FNO. The van der Waals surface area contributed by atoms with Gasteiger partial charge in [-0.25, -0.2) is 4.39 Å². The van der Waals surface area contributed by atoms with E-state index in [1.54, 1.807) is 0 Å². The van der Waals surface area contributed by atoms with Gasteiger partial charge in [0.25, 0.3) is 0 Å². The van der Waals surface area contributed by atoms with E-state index >= 15 is 0 Å². The van der Waals surface area contributed by atoms with Gasteiger partial charge >= 0.3 is 0 Å². The summed E-state index contributed by atoms with van der Waals surface area (Å²) in [5, 5.41) is 0. The fraction of sp³-hybridized carbons (Fsp3) is 1.00. The highest BCUT2D eigenvalue weighted by molar-refractivity contribution is 4.70. The van der Waals surface area contributed by atoms with Crippen molar-refractivity contribution in [1.29, 1.82) is 0 Å². The maximum absolute atomic E-state index is 13.0. The van der Waals surface area contributed by atoms with E-state index in [2.05, 4.69) is 25.7 Å². The Hall–Kier alpha value is -0.150. The molecule has 0 aromatic heterocycles. The lowest BCUT2D eigenvalue weighted by atomic mass is 10.1. The Morgan fingerprint density at radius 1 is 1.42 bits per heavy atom. The minimum atomic E-state index is -1.10. The largest absolute Gasteiger partial charge is 0.347 e. The molecule has 0 N–H and O–H groups in total. The van der Waals surface area contributed by atoms with Crippen LogP contribution in [-0.2, 0) is 4.74 Å². The number of rotatable bonds is 1. The number of halogens is 1. The zero-order valence-electron chi connectivity index (χ0n) is 8.09. The molecule has 1 saturated heterocycles. The van der Waals surface area contributed by atoms with E-state index in [1.165, 1.54) is 0 Å². The summed E-state index contributed by atoms with van der Waals surface area (Å²) >= 11 is 0. The lowest BCUT2D eigenvalue weighted by molar-refractivity contribution is -0.0455. The van der Waals surface area contributed by atoms with E-state index in [0.717, 1.165) is 6.54 Å². The van der Waals surface area contributed by atoms with Crippen LogP contribution in [0.25, 0.3) is 0 Å². The monoisotopic (exact) mass is 175 g/mol. The number of alkyl halides is 1. The van der Waals surface area contributed by atoms with Crippen molar-refractivity contribution in [3.63, 3.8) is 0 Å². The van der Waals surface area contributed by atoms with Gasteiger partial charge in [0.15, 0.2) is 0 Å². The molecule has 3 heteroatoms. The lowest BCUT2D eigenvalue weighted by Gasteiger charge is -2.25. The maximum atomic E-state index is 13.0. The van der Waals surface area contributed by atoms with Crippen LogP contribution in [0.3, 0.4) is 0 Å². The Kier molecular flexibility index (Phi) is 3.47. The molecule has 0 spiro atoms. The van der Waals surface area contributed by atoms with Gasteiger partial charge in [0.2, 0.25) is 6.36 Å². The average molecular weight is 175 g/mol. The van der Waals surface area contributed by atoms with Gasteiger partial charge < -0.3 is 4.74 Å². The predicted octanol–water partition coefficient (Wildman–Crippen LogP) is 1.66. The van der Waals surface area contributed by atoms with Gasteiger partial charge in [-0.05, 0) is 19.8 Å². The smallest absolute Gasteiger partial charge is 0.211 e. The highest BCUT2D eigenvalue weighted by Crippen LogP contribution is 2.13. The van der Waals surface area contributed by atoms with Crippen LogP contribution in [0.1, 0.15) is 20.8 Å². The zero-order chi connectivity index (χ0) is 9.14. The molecule has 1 aliphatic heterocycles. The number of ether oxygens (including phenoxy) is 1. The van der Waals surface area contributed by atoms with E-state index < -0.39 is 6.36 Å². The molecule has 1 aliphatic rings. The molecule has 0 amide bonds. The van der Waals surface area contributed by atoms with Gasteiger partial charge in [-0.15, -0.1) is 0 Å². The molecule has 1 fully saturated rings. The van der Waals surface area contributed by atoms with Gasteiger partial charge in [-0.2, -0.15) is 0 Å². The summed E-state index contributed by atoms with van der Waals surface area (Å²) in [5.41, 5.74) is 0. The second kappa shape index (κ2) is 4.19. The van der Waals surface area contributed by atoms with Crippen LogP contribution < -0.4 is 0 Å². The second-order valence-corrected chi connectivity index (χ2v) is 3.90. The van der Waals surface area contributed by atoms with Crippen molar-refractivity contribution in [2.75, 3.05) is 19.7 Å². The highest BCUT2D eigenvalue weighted by Gasteiger charge is 2.23. The summed E-state index contributed by atoms with van der Waals surface area (Å²) in [6.45, 7) is 8.17. The summed E-state index contributed by atoms with van der Waals surface area (Å²) in [5.74, 6) is 0.438. The zero-order valence-corrected chi connectivity index (χ0v) is 8.09. The summed E-state index contributed by atoms with van der Waals surface area (Å²) in [6.07, 6.45) is -1.10. The average Bonchev–Trinajstić information content (AvgIpc) is 2.13. The molecule has 2 nitrogen and oxygen atoms in total. The molecule has 1 rings (SSSR count). The van der Waals surface area contributed by atoms with Gasteiger partial charge in [0, 0.05) is 12.6 Å². The van der Waals surface area contributed by atoms with E-state index in [1.807, 2.05) is 0 Å². The Labute approximate surface area is 73.7 Å². The minimum Gasteiger partial charge on any atom is -0.347 e. The van der Waals surface area contributed by atoms with E-state index in [4.69, 9.17) is 4.74 Å². The third-order valence-electron chi connectivity index (χ3n) is 2.22. The maximum Gasteiger partial charge on any atom is 0.211 e. The van der Waals surface area contributed by atoms with E-state index in [9.17, 15) is 4.39 Å². The van der Waals surface area contributed by atoms with Gasteiger partial charge in [-0.3, -0.25) is 4.90 Å². The molecule has 1 heterocycles. The van der Waals surface area contributed by atoms with Crippen LogP contribution >= 0.6 is 0 Å². The highest BCUT2D eigenvalue weighted by atomic mass is 19.1. The summed E-state index contributed by atoms with van der Waals surface area (Å²) in [6, 6.07) is 0.410. The fourth-order valence-corrected chi connectivity index (χ4v) is 1.45. The third kappa shape index (κ3) is 2.72. The molecule has 0 unspecified atom stereocenters. The number of nitrogens with zero attached hydrogens (tertiary/aromatic N) is 1. The Morgan fingerprint density at radius 3 is 2.67 bits per heavy atom. The standard InChI is InChI=1S/C9H18FNO/c1-7(2)11-4-8(3)6-12-9(10)5-11/h7-9H,4-6H2,1-3H3/t8-,9-/m1/s1. The number of hydrogen-bond acceptors (Lipinski definition) is 2. The van der Waals surface area contributed by atoms with Crippen molar-refractivity contribution >= 4 is 0 Å². The van der Waals surface area contributed by atoms with Crippen LogP contribution in [0, 0.1) is 5.92 Å². The molecule has 0 bridgehead atoms. The SMILES string of the molecule is CC(C)N1C[C@@H](C)CO[C@@H](F)C1. The quantitative estimate of drug-likeness (QED) is 0.601. The van der Waals surface area contributed by atoms with Gasteiger partial charge in [0.1, 0.15) is 0 Å². The van der Waals surface area contributed by atoms with Crippen LogP contribution in [0.5, 0.6) is 0 Å². The first-order valence-corrected chi connectivity index (χ1v) is 4.59. The van der Waals surface area contributed by atoms with Gasteiger partial charge in [0.05, 0.1) is 13.2 Å². The third-order valence-corrected chi connectivity index (χ3v) is 2.22. The van der Waals surface area contributed by atoms with Gasteiger partial charge in [-0.1, -0.05) is 6.92 Å². The fourth-order valence-electron chi connectivity index (χ4n) is 1.45. The van der Waals surface area contributed by atoms with Crippen molar-refractivity contribution in [3.8, 4) is 0 Å². The predicted molar refractivity (Wildman–Crippen MR) is 46.7 cm³/mol. The van der Waals surface area contributed by atoms with Crippen molar-refractivity contribution in [2.45, 2.75) is 33.2 Å². The molecule has 0 aromatic carbocycles. The molecular weight excluding hydrogens is 157 g/mol. The Bertz CT molecular complexity index is 128. The summed E-state index contributed by atoms with van der Waals surface area (Å²) in [4.78, 5) is 2.13. The number of hydrogen-bond donors (Lipinski definition) is 0. The summed E-state index contributed by atoms with van der Waals surface area (Å²) in [7, 11) is 0. The van der Waals surface area contributed by atoms with E-state index in [-0.39, 0.29) is 0 Å². The van der Waals surface area contributed by atoms with Crippen molar-refractivity contribution < 1.29 is 9.13 Å². The van der Waals surface area contributed by atoms with Crippen LogP contribution in [0.2, 0.25) is 0 Å². The molecule has 0 saturated carbocycles. The lowest BCUT2D eigenvalue weighted by Crippen LogP contribution is -2.36. The molecule has 0 radical (unpaired) electrons. The first kappa shape index (κ1) is 9.93. The first-order chi connectivity index (χ1) is 5.59. The topological polar surface area (TPSA) is 12.5 Å². The molecule has 0 aliphatic carbocycles. The molecule has 12 heavy (non-hydrogen) atoms. The Morgan fingerprint density at radius 2 is 2.08 bits per heavy atom. The van der Waals surface area contributed by atoms with Crippen LogP contribution in [0.15, 0.2) is 0 Å². The minimum absolute atomic E-state index is 0.410. The molecule has 2 atom stereocenters. The van der Waals surface area contributed by atoms with Crippen molar-refractivity contribution in [2.24, 2.45) is 5.92 Å². The summed E-state index contributed by atoms with van der Waals surface area (Å²) < 4.78 is 18.0. The first-order valence-electron chi connectivity index (χ1n) is 4.59. The molecule has 0 aromatic rings. The van der Waals surface area contributed by atoms with Crippen molar-refractivity contribution in [3.05, 3.63) is 0 Å². The molecule has 72 valence electrons. The Balaban J connectivity index is 2.49.